The average molecular weight is 442 g/mol. The van der Waals surface area contributed by atoms with Gasteiger partial charge in [-0.15, -0.1) is 0 Å². The highest BCUT2D eigenvalue weighted by atomic mass is 127. The van der Waals surface area contributed by atoms with Crippen LogP contribution in [0.3, 0.4) is 0 Å². The molecule has 0 radical (unpaired) electrons. The summed E-state index contributed by atoms with van der Waals surface area (Å²) in [7, 11) is 0. The van der Waals surface area contributed by atoms with Crippen LogP contribution in [0.4, 0.5) is 4.39 Å². The van der Waals surface area contributed by atoms with E-state index in [4.69, 9.17) is 4.74 Å². The number of rotatable bonds is 4. The summed E-state index contributed by atoms with van der Waals surface area (Å²) in [6.45, 7) is -0.547. The Bertz CT molecular complexity index is 684. The molecule has 2 N–H and O–H groups in total. The Morgan fingerprint density at radius 2 is 1.50 bits per heavy atom. The van der Waals surface area contributed by atoms with Crippen molar-refractivity contribution in [2.45, 2.75) is 0 Å². The molecule has 0 aliphatic heterocycles. The van der Waals surface area contributed by atoms with Gasteiger partial charge >= 0.3 is 5.97 Å². The summed E-state index contributed by atoms with van der Waals surface area (Å²) < 4.78 is 18.5. The number of hydrogen-bond acceptors (Lipinski definition) is 4. The van der Waals surface area contributed by atoms with Crippen LogP contribution >= 0.6 is 22.6 Å². The van der Waals surface area contributed by atoms with Crippen molar-refractivity contribution in [2.75, 3.05) is 6.61 Å². The second-order valence-corrected chi connectivity index (χ2v) is 5.84. The summed E-state index contributed by atoms with van der Waals surface area (Å²) in [6.07, 6.45) is 0. The molecule has 0 saturated carbocycles. The van der Waals surface area contributed by atoms with Gasteiger partial charge in [0, 0.05) is 9.13 Å². The van der Waals surface area contributed by atoms with Crippen molar-refractivity contribution < 1.29 is 23.5 Å². The first-order chi connectivity index (χ1) is 11.5. The number of hydrazine groups is 1. The molecule has 8 heteroatoms. The molecule has 2 aromatic carbocycles. The van der Waals surface area contributed by atoms with Crippen molar-refractivity contribution in [1.29, 1.82) is 0 Å². The second kappa shape index (κ2) is 8.39. The predicted octanol–water partition coefficient (Wildman–Crippen LogP) is 2.05. The highest BCUT2D eigenvalue weighted by Crippen LogP contribution is 2.07. The van der Waals surface area contributed by atoms with E-state index in [0.717, 1.165) is 15.7 Å². The van der Waals surface area contributed by atoms with Gasteiger partial charge in [0.15, 0.2) is 6.61 Å². The highest BCUT2D eigenvalue weighted by molar-refractivity contribution is 14.1. The zero-order chi connectivity index (χ0) is 17.5. The van der Waals surface area contributed by atoms with Crippen LogP contribution in [0.25, 0.3) is 0 Å². The van der Waals surface area contributed by atoms with E-state index in [-0.39, 0.29) is 5.56 Å². The van der Waals surface area contributed by atoms with Gasteiger partial charge < -0.3 is 4.74 Å². The number of halogens is 2. The SMILES string of the molecule is O=C(COC(=O)c1ccc(I)cc1)NNC(=O)c1ccc(F)cc1. The van der Waals surface area contributed by atoms with Crippen molar-refractivity contribution >= 4 is 40.4 Å². The summed E-state index contributed by atoms with van der Waals surface area (Å²) in [4.78, 5) is 35.0. The van der Waals surface area contributed by atoms with E-state index in [2.05, 4.69) is 33.4 Å². The minimum absolute atomic E-state index is 0.174. The molecule has 0 aliphatic rings. The quantitative estimate of drug-likeness (QED) is 0.432. The molecule has 124 valence electrons. The molecule has 0 bridgehead atoms. The van der Waals surface area contributed by atoms with Crippen LogP contribution in [-0.2, 0) is 9.53 Å². The molecule has 0 saturated heterocycles. The monoisotopic (exact) mass is 442 g/mol. The summed E-state index contributed by atoms with van der Waals surface area (Å²) in [5, 5.41) is 0. The minimum Gasteiger partial charge on any atom is -0.452 e. The molecule has 0 aromatic heterocycles. The van der Waals surface area contributed by atoms with Gasteiger partial charge in [-0.05, 0) is 71.1 Å². The van der Waals surface area contributed by atoms with Gasteiger partial charge in [0.2, 0.25) is 0 Å². The maximum atomic E-state index is 12.8. The topological polar surface area (TPSA) is 84.5 Å². The Kier molecular flexibility index (Phi) is 6.24. The van der Waals surface area contributed by atoms with Crippen molar-refractivity contribution in [3.63, 3.8) is 0 Å². The van der Waals surface area contributed by atoms with E-state index in [1.807, 2.05) is 0 Å². The van der Waals surface area contributed by atoms with E-state index in [1.54, 1.807) is 24.3 Å². The number of hydrogen-bond donors (Lipinski definition) is 2. The molecule has 0 unspecified atom stereocenters. The fraction of sp³-hybridized carbons (Fsp3) is 0.0625. The second-order valence-electron chi connectivity index (χ2n) is 4.59. The summed E-state index contributed by atoms with van der Waals surface area (Å²) in [5.74, 6) is -2.44. The maximum absolute atomic E-state index is 12.8. The van der Waals surface area contributed by atoms with E-state index in [1.165, 1.54) is 12.1 Å². The normalized spacial score (nSPS) is 9.92. The third-order valence-electron chi connectivity index (χ3n) is 2.84. The van der Waals surface area contributed by atoms with Crippen LogP contribution in [0.15, 0.2) is 48.5 Å². The van der Waals surface area contributed by atoms with Crippen LogP contribution in [0.1, 0.15) is 20.7 Å². The first-order valence-corrected chi connectivity index (χ1v) is 7.81. The number of esters is 1. The first-order valence-electron chi connectivity index (χ1n) is 6.73. The van der Waals surface area contributed by atoms with Gasteiger partial charge in [-0.1, -0.05) is 0 Å². The van der Waals surface area contributed by atoms with Crippen molar-refractivity contribution in [1.82, 2.24) is 10.9 Å². The molecular weight excluding hydrogens is 430 g/mol. The minimum atomic E-state index is -0.704. The Labute approximate surface area is 150 Å². The van der Waals surface area contributed by atoms with Crippen LogP contribution in [0.5, 0.6) is 0 Å². The fourth-order valence-corrected chi connectivity index (χ4v) is 2.00. The third kappa shape index (κ3) is 5.30. The number of ether oxygens (including phenoxy) is 1. The van der Waals surface area contributed by atoms with E-state index in [9.17, 15) is 18.8 Å². The zero-order valence-corrected chi connectivity index (χ0v) is 14.4. The molecule has 6 nitrogen and oxygen atoms in total. The Hall–Kier alpha value is -2.49. The van der Waals surface area contributed by atoms with Gasteiger partial charge in [-0.3, -0.25) is 20.4 Å². The molecule has 2 aromatic rings. The summed E-state index contributed by atoms with van der Waals surface area (Å²) in [6, 6.07) is 11.4. The lowest BCUT2D eigenvalue weighted by molar-refractivity contribution is -0.125. The molecule has 0 aliphatic carbocycles. The van der Waals surface area contributed by atoms with Crippen LogP contribution in [0.2, 0.25) is 0 Å². The van der Waals surface area contributed by atoms with Crippen LogP contribution in [-0.4, -0.2) is 24.4 Å². The van der Waals surface area contributed by atoms with Gasteiger partial charge in [0.05, 0.1) is 5.56 Å². The number of benzene rings is 2. The Morgan fingerprint density at radius 1 is 0.917 bits per heavy atom. The molecule has 0 fully saturated rings. The predicted molar refractivity (Wildman–Crippen MR) is 91.5 cm³/mol. The van der Waals surface area contributed by atoms with Crippen LogP contribution in [0, 0.1) is 9.39 Å². The van der Waals surface area contributed by atoms with Gasteiger partial charge in [-0.2, -0.15) is 0 Å². The van der Waals surface area contributed by atoms with Crippen molar-refractivity contribution in [2.24, 2.45) is 0 Å². The standard InChI is InChI=1S/C16H12FIN2O4/c17-12-5-1-10(2-6-12)15(22)20-19-14(21)9-24-16(23)11-3-7-13(18)8-4-11/h1-8H,9H2,(H,19,21)(H,20,22). The number of amides is 2. The fourth-order valence-electron chi connectivity index (χ4n) is 1.64. The van der Waals surface area contributed by atoms with Gasteiger partial charge in [0.25, 0.3) is 11.8 Å². The Balaban J connectivity index is 1.77. The Morgan fingerprint density at radius 3 is 2.12 bits per heavy atom. The highest BCUT2D eigenvalue weighted by Gasteiger charge is 2.11. The number of nitrogens with one attached hydrogen (secondary N) is 2. The number of carbonyl (C=O) groups is 3. The van der Waals surface area contributed by atoms with E-state index < -0.39 is 30.2 Å². The lowest BCUT2D eigenvalue weighted by Gasteiger charge is -2.08. The largest absolute Gasteiger partial charge is 0.452 e. The van der Waals surface area contributed by atoms with Crippen molar-refractivity contribution in [3.05, 3.63) is 69.0 Å². The molecule has 2 rings (SSSR count). The first kappa shape index (κ1) is 17.9. The van der Waals surface area contributed by atoms with Gasteiger partial charge in [0.1, 0.15) is 5.82 Å². The number of carbonyl (C=O) groups excluding carboxylic acids is 3. The van der Waals surface area contributed by atoms with E-state index in [0.29, 0.717) is 5.56 Å². The summed E-state index contributed by atoms with van der Waals surface area (Å²) >= 11 is 2.10. The molecule has 2 amide bonds. The molecular formula is C16H12FIN2O4. The third-order valence-corrected chi connectivity index (χ3v) is 3.56. The zero-order valence-electron chi connectivity index (χ0n) is 12.2. The lowest BCUT2D eigenvalue weighted by Crippen LogP contribution is -2.43. The van der Waals surface area contributed by atoms with Crippen LogP contribution < -0.4 is 10.9 Å². The summed E-state index contributed by atoms with van der Waals surface area (Å²) in [5.41, 5.74) is 4.73. The van der Waals surface area contributed by atoms with Gasteiger partial charge in [-0.25, -0.2) is 9.18 Å². The van der Waals surface area contributed by atoms with Crippen molar-refractivity contribution in [3.8, 4) is 0 Å². The van der Waals surface area contributed by atoms with E-state index >= 15 is 0 Å². The maximum Gasteiger partial charge on any atom is 0.338 e. The smallest absolute Gasteiger partial charge is 0.338 e. The molecule has 0 spiro atoms. The molecule has 0 heterocycles. The molecule has 24 heavy (non-hydrogen) atoms. The average Bonchev–Trinajstić information content (AvgIpc) is 2.58. The lowest BCUT2D eigenvalue weighted by atomic mass is 10.2. The molecule has 0 atom stereocenters.